The predicted molar refractivity (Wildman–Crippen MR) is 327 cm³/mol. The van der Waals surface area contributed by atoms with E-state index in [2.05, 4.69) is 286 Å². The Balaban J connectivity index is 1.19. The van der Waals surface area contributed by atoms with E-state index in [1.54, 1.807) is 0 Å². The minimum absolute atomic E-state index is 0.00541. The third-order valence-electron chi connectivity index (χ3n) is 16.4. The van der Waals surface area contributed by atoms with E-state index in [-0.39, 0.29) is 10.8 Å². The molecule has 0 amide bonds. The van der Waals surface area contributed by atoms with E-state index >= 15 is 0 Å². The van der Waals surface area contributed by atoms with E-state index in [0.29, 0.717) is 0 Å². The number of rotatable bonds is 8. The number of fused-ring (bicyclic) bond motifs is 14. The first-order valence-corrected chi connectivity index (χ1v) is 34.0. The molecule has 1 unspecified atom stereocenters. The monoisotopic (exact) mass is 1010 g/mol. The van der Waals surface area contributed by atoms with Gasteiger partial charge in [0.15, 0.2) is 0 Å². The molecule has 12 rings (SSSR count). The Hall–Kier alpha value is -7.19. The molecule has 0 saturated carbocycles. The van der Waals surface area contributed by atoms with Gasteiger partial charge in [0.2, 0.25) is 0 Å². The van der Waals surface area contributed by atoms with Crippen molar-refractivity contribution in [2.24, 2.45) is 0 Å². The summed E-state index contributed by atoms with van der Waals surface area (Å²) in [4.78, 5) is 4.99. The summed E-state index contributed by atoms with van der Waals surface area (Å²) in [6.07, 6.45) is 0. The van der Waals surface area contributed by atoms with Gasteiger partial charge in [-0.3, -0.25) is 0 Å². The van der Waals surface area contributed by atoms with Crippen LogP contribution in [0.25, 0.3) is 44.2 Å². The zero-order chi connectivity index (χ0) is 52.6. The zero-order valence-corrected chi connectivity index (χ0v) is 48.2. The van der Waals surface area contributed by atoms with Crippen molar-refractivity contribution in [2.75, 3.05) is 9.80 Å². The number of aryl methyl sites for hydroxylation is 1. The molecule has 1 atom stereocenters. The normalized spacial score (nSPS) is 15.1. The van der Waals surface area contributed by atoms with Crippen LogP contribution in [0.2, 0.25) is 39.3 Å². The number of nitrogens with zero attached hydrogens (tertiary/aromatic N) is 2. The maximum atomic E-state index is 7.41. The highest BCUT2D eigenvalue weighted by atomic mass is 28.3. The predicted octanol–water partition coefficient (Wildman–Crippen LogP) is 18.9. The van der Waals surface area contributed by atoms with E-state index < -0.39 is 21.6 Å². The minimum atomic E-state index is -1.60. The number of benzene rings is 9. The average molecular weight is 1010 g/mol. The van der Waals surface area contributed by atoms with Gasteiger partial charge in [-0.2, -0.15) is 0 Å². The molecule has 0 radical (unpaired) electrons. The van der Waals surface area contributed by atoms with Crippen LogP contribution in [0.3, 0.4) is 0 Å². The zero-order valence-electron chi connectivity index (χ0n) is 46.2. The van der Waals surface area contributed by atoms with Gasteiger partial charge in [-0.15, -0.1) is 0 Å². The van der Waals surface area contributed by atoms with Crippen molar-refractivity contribution in [1.82, 2.24) is 0 Å². The summed E-state index contributed by atoms with van der Waals surface area (Å²) < 4.78 is 7.41. The number of hydrogen-bond donors (Lipinski definition) is 0. The smallest absolute Gasteiger partial charge is 0.145 e. The van der Waals surface area contributed by atoms with Gasteiger partial charge in [0.05, 0.1) is 32.6 Å². The second-order valence-corrected chi connectivity index (χ2v) is 35.7. The maximum absolute atomic E-state index is 7.41. The first-order chi connectivity index (χ1) is 35.6. The quantitative estimate of drug-likeness (QED) is 0.141. The highest BCUT2D eigenvalue weighted by molar-refractivity contribution is 6.89. The van der Waals surface area contributed by atoms with Gasteiger partial charge >= 0.3 is 0 Å². The van der Waals surface area contributed by atoms with E-state index in [9.17, 15) is 0 Å². The third kappa shape index (κ3) is 7.87. The van der Waals surface area contributed by atoms with Gasteiger partial charge < -0.3 is 14.2 Å². The Morgan fingerprint density at radius 1 is 0.413 bits per heavy atom. The van der Waals surface area contributed by atoms with Crippen LogP contribution in [0, 0.1) is 6.92 Å². The van der Waals surface area contributed by atoms with Crippen molar-refractivity contribution < 1.29 is 4.42 Å². The third-order valence-corrected chi connectivity index (χ3v) is 20.5. The molecule has 75 heavy (non-hydrogen) atoms. The van der Waals surface area contributed by atoms with Crippen molar-refractivity contribution in [3.63, 3.8) is 0 Å². The summed E-state index contributed by atoms with van der Waals surface area (Å²) >= 11 is 0. The SMILES string of the molecule is Cc1ccc2c(c1)-c1ccccc1C21c2cc(N(c3ccc(C(C)(C)C)cc3)c3ccc([Si](C)(C)C)cc3)ccc2-c2c1cc(N(c1ccc(C(C)(C)C)cc1)c1ccc([Si](C)(C)C)cc1)c1c2oc2ccccc21. The fraction of sp³-hybridized carbons (Fsp3) is 0.229. The average Bonchev–Trinajstić information content (AvgIpc) is 4.14. The summed E-state index contributed by atoms with van der Waals surface area (Å²) in [5.74, 6) is 0. The lowest BCUT2D eigenvalue weighted by atomic mass is 9.70. The Morgan fingerprint density at radius 2 is 0.907 bits per heavy atom. The summed E-state index contributed by atoms with van der Waals surface area (Å²) in [6, 6.07) is 72.3. The van der Waals surface area contributed by atoms with Gasteiger partial charge in [-0.05, 0) is 141 Å². The Kier molecular flexibility index (Phi) is 11.2. The van der Waals surface area contributed by atoms with Gasteiger partial charge in [0, 0.05) is 39.4 Å². The van der Waals surface area contributed by atoms with Crippen LogP contribution in [0.15, 0.2) is 192 Å². The molecule has 5 heteroatoms. The van der Waals surface area contributed by atoms with Crippen LogP contribution in [-0.4, -0.2) is 16.1 Å². The van der Waals surface area contributed by atoms with E-state index in [4.69, 9.17) is 4.42 Å². The summed E-state index contributed by atoms with van der Waals surface area (Å²) in [5.41, 5.74) is 21.8. The molecule has 3 nitrogen and oxygen atoms in total. The van der Waals surface area contributed by atoms with E-state index in [0.717, 1.165) is 61.6 Å². The minimum Gasteiger partial charge on any atom is -0.455 e. The van der Waals surface area contributed by atoms with Gasteiger partial charge in [0.1, 0.15) is 11.2 Å². The molecule has 0 N–H and O–H groups in total. The second-order valence-electron chi connectivity index (χ2n) is 25.6. The Labute approximate surface area is 447 Å². The van der Waals surface area contributed by atoms with Gasteiger partial charge in [-0.1, -0.05) is 212 Å². The molecule has 10 aromatic rings. The highest BCUT2D eigenvalue weighted by Gasteiger charge is 2.53. The molecular formula is C70H70N2OSi2. The number of furan rings is 1. The van der Waals surface area contributed by atoms with Crippen molar-refractivity contribution in [2.45, 2.75) is 104 Å². The molecule has 0 aliphatic heterocycles. The number of para-hydroxylation sites is 1. The lowest BCUT2D eigenvalue weighted by Crippen LogP contribution is -2.37. The van der Waals surface area contributed by atoms with Crippen LogP contribution in [-0.2, 0) is 16.2 Å². The molecule has 1 spiro atoms. The molecule has 0 fully saturated rings. The Morgan fingerprint density at radius 3 is 1.47 bits per heavy atom. The van der Waals surface area contributed by atoms with Crippen LogP contribution >= 0.6 is 0 Å². The van der Waals surface area contributed by atoms with E-state index in [1.165, 1.54) is 66.0 Å². The highest BCUT2D eigenvalue weighted by Crippen LogP contribution is 2.66. The van der Waals surface area contributed by atoms with E-state index in [1.807, 2.05) is 0 Å². The molecule has 374 valence electrons. The summed E-state index contributed by atoms with van der Waals surface area (Å²) in [6.45, 7) is 30.6. The lowest BCUT2D eigenvalue weighted by molar-refractivity contribution is 0.590. The van der Waals surface area contributed by atoms with Crippen LogP contribution in [0.4, 0.5) is 34.1 Å². The molecular weight excluding hydrogens is 941 g/mol. The first-order valence-electron chi connectivity index (χ1n) is 27.0. The molecule has 2 aliphatic rings. The lowest BCUT2D eigenvalue weighted by Gasteiger charge is -2.34. The summed E-state index contributed by atoms with van der Waals surface area (Å²) in [5, 5.41) is 5.11. The van der Waals surface area contributed by atoms with Crippen molar-refractivity contribution >= 4 is 82.6 Å². The van der Waals surface area contributed by atoms with Gasteiger partial charge in [0.25, 0.3) is 0 Å². The topological polar surface area (TPSA) is 19.6 Å². The molecule has 1 aromatic heterocycles. The van der Waals surface area contributed by atoms with Crippen molar-refractivity contribution in [3.05, 3.63) is 227 Å². The van der Waals surface area contributed by atoms with Crippen molar-refractivity contribution in [1.29, 1.82) is 0 Å². The first kappa shape index (κ1) is 48.7. The largest absolute Gasteiger partial charge is 0.455 e. The summed E-state index contributed by atoms with van der Waals surface area (Å²) in [7, 11) is -3.17. The van der Waals surface area contributed by atoms with Crippen molar-refractivity contribution in [3.8, 4) is 22.3 Å². The van der Waals surface area contributed by atoms with Crippen LogP contribution in [0.1, 0.15) is 80.5 Å². The standard InChI is InChI=1S/C70H70N2OSi2/c1-45-22-41-60-58(42-45)55-18-14-16-20-59(55)70(60)61-43-52(71(48-27-23-46(24-28-48)68(2,3)4)49-31-36-53(37-32-49)74(8,9)10)35-40-56(61)65-62(70)44-63(66-57-19-15-17-21-64(57)73-67(65)66)72(50-29-25-47(26-30-50)69(5,6)7)51-33-38-54(39-34-51)75(11,12)13/h14-44H,1-13H3. The number of hydrogen-bond acceptors (Lipinski definition) is 3. The molecule has 2 aliphatic carbocycles. The number of anilines is 6. The Bertz CT molecular complexity index is 3740. The van der Waals surface area contributed by atoms with Crippen LogP contribution < -0.4 is 20.2 Å². The maximum Gasteiger partial charge on any atom is 0.145 e. The second kappa shape index (κ2) is 17.2. The molecule has 0 saturated heterocycles. The fourth-order valence-electron chi connectivity index (χ4n) is 12.3. The van der Waals surface area contributed by atoms with Crippen LogP contribution in [0.5, 0.6) is 0 Å². The molecule has 1 heterocycles. The fourth-order valence-corrected chi connectivity index (χ4v) is 14.6. The molecule has 9 aromatic carbocycles. The van der Waals surface area contributed by atoms with Gasteiger partial charge in [-0.25, -0.2) is 0 Å². The molecule has 0 bridgehead atoms.